The van der Waals surface area contributed by atoms with Crippen LogP contribution in [-0.4, -0.2) is 51.6 Å². The Morgan fingerprint density at radius 3 is 2.52 bits per heavy atom. The van der Waals surface area contributed by atoms with E-state index in [-0.39, 0.29) is 40.9 Å². The summed E-state index contributed by atoms with van der Waals surface area (Å²) in [7, 11) is -2.88. The number of sulfonamides is 1. The number of esters is 1. The molecule has 0 saturated carbocycles. The SMILES string of the molecule is COC(=O)c1ccc(OCCNC(=O)[C@@H]2Cc3ccccc3N2S(=O)(=O)c2ccc(-c3ccc(F)cc3Cl)cc2)nc1. The minimum absolute atomic E-state index is 0.0104. The zero-order chi connectivity index (χ0) is 29.9. The van der Waals surface area contributed by atoms with Crippen LogP contribution < -0.4 is 14.4 Å². The van der Waals surface area contributed by atoms with Gasteiger partial charge in [-0.05, 0) is 53.6 Å². The number of hydrogen-bond acceptors (Lipinski definition) is 7. The number of carbonyl (C=O) groups is 2. The van der Waals surface area contributed by atoms with Gasteiger partial charge in [-0.25, -0.2) is 22.6 Å². The van der Waals surface area contributed by atoms with Crippen molar-refractivity contribution >= 4 is 39.2 Å². The third kappa shape index (κ3) is 5.93. The number of para-hydroxylation sites is 1. The van der Waals surface area contributed by atoms with E-state index in [0.717, 1.165) is 9.87 Å². The summed E-state index contributed by atoms with van der Waals surface area (Å²) in [6.45, 7) is 0.156. The molecule has 0 unspecified atom stereocenters. The maximum atomic E-state index is 13.9. The summed E-state index contributed by atoms with van der Waals surface area (Å²) < 4.78 is 52.6. The zero-order valence-corrected chi connectivity index (χ0v) is 23.9. The Balaban J connectivity index is 1.30. The summed E-state index contributed by atoms with van der Waals surface area (Å²) in [6.07, 6.45) is 1.51. The maximum Gasteiger partial charge on any atom is 0.339 e. The number of anilines is 1. The van der Waals surface area contributed by atoms with E-state index in [4.69, 9.17) is 16.3 Å². The standard InChI is InChI=1S/C30H25ClFN3O6S/c1-40-30(37)21-8-13-28(34-18-21)41-15-14-33-29(36)27-16-20-4-2-3-5-26(20)35(27)42(38,39)23-10-6-19(7-11-23)24-12-9-22(32)17-25(24)31/h2-13,17-18,27H,14-16H2,1H3,(H,33,36)/t27-/m0/s1. The second-order valence-corrected chi connectivity index (χ2v) is 11.5. The van der Waals surface area contributed by atoms with Crippen molar-refractivity contribution in [2.45, 2.75) is 17.4 Å². The highest BCUT2D eigenvalue weighted by Gasteiger charge is 2.42. The number of nitrogens with zero attached hydrogens (tertiary/aromatic N) is 2. The lowest BCUT2D eigenvalue weighted by molar-refractivity contribution is -0.122. The molecule has 1 amide bonds. The van der Waals surface area contributed by atoms with Crippen LogP contribution in [0.5, 0.6) is 5.88 Å². The van der Waals surface area contributed by atoms with E-state index in [1.54, 1.807) is 36.4 Å². The fourth-order valence-electron chi connectivity index (χ4n) is 4.65. The first kappa shape index (κ1) is 29.0. The molecule has 0 saturated heterocycles. The maximum absolute atomic E-state index is 13.9. The number of aromatic nitrogens is 1. The van der Waals surface area contributed by atoms with Crippen molar-refractivity contribution in [3.8, 4) is 17.0 Å². The summed E-state index contributed by atoms with van der Waals surface area (Å²) in [5, 5.41) is 2.95. The van der Waals surface area contributed by atoms with Gasteiger partial charge in [-0.1, -0.05) is 41.9 Å². The highest BCUT2D eigenvalue weighted by Crippen LogP contribution is 2.37. The molecule has 1 atom stereocenters. The van der Waals surface area contributed by atoms with Gasteiger partial charge < -0.3 is 14.8 Å². The molecule has 12 heteroatoms. The predicted molar refractivity (Wildman–Crippen MR) is 155 cm³/mol. The summed E-state index contributed by atoms with van der Waals surface area (Å²) in [6, 6.07) is 19.0. The van der Waals surface area contributed by atoms with Gasteiger partial charge in [0.25, 0.3) is 10.0 Å². The third-order valence-electron chi connectivity index (χ3n) is 6.69. The Morgan fingerprint density at radius 2 is 1.83 bits per heavy atom. The van der Waals surface area contributed by atoms with Gasteiger partial charge >= 0.3 is 5.97 Å². The minimum Gasteiger partial charge on any atom is -0.476 e. The quantitative estimate of drug-likeness (QED) is 0.217. The van der Waals surface area contributed by atoms with Crippen LogP contribution in [0.3, 0.4) is 0 Å². The van der Waals surface area contributed by atoms with Crippen molar-refractivity contribution in [2.75, 3.05) is 24.6 Å². The second-order valence-electron chi connectivity index (χ2n) is 9.31. The molecule has 42 heavy (non-hydrogen) atoms. The summed E-state index contributed by atoms with van der Waals surface area (Å²) >= 11 is 6.18. The van der Waals surface area contributed by atoms with Gasteiger partial charge in [-0.2, -0.15) is 0 Å². The second kappa shape index (κ2) is 12.2. The highest BCUT2D eigenvalue weighted by molar-refractivity contribution is 7.93. The Hall–Kier alpha value is -4.48. The lowest BCUT2D eigenvalue weighted by atomic mass is 10.1. The molecule has 5 rings (SSSR count). The van der Waals surface area contributed by atoms with E-state index in [2.05, 4.69) is 15.0 Å². The van der Waals surface area contributed by atoms with Gasteiger partial charge in [-0.15, -0.1) is 0 Å². The van der Waals surface area contributed by atoms with Crippen LogP contribution in [-0.2, 0) is 26.0 Å². The average molecular weight is 610 g/mol. The molecule has 216 valence electrons. The number of pyridine rings is 1. The van der Waals surface area contributed by atoms with E-state index in [0.29, 0.717) is 16.8 Å². The van der Waals surface area contributed by atoms with Crippen LogP contribution in [0, 0.1) is 5.82 Å². The molecule has 4 aromatic rings. The molecule has 0 bridgehead atoms. The highest BCUT2D eigenvalue weighted by atomic mass is 35.5. The van der Waals surface area contributed by atoms with Gasteiger partial charge in [0.15, 0.2) is 0 Å². The van der Waals surface area contributed by atoms with Crippen molar-refractivity contribution in [1.82, 2.24) is 10.3 Å². The lowest BCUT2D eigenvalue weighted by Gasteiger charge is -2.26. The molecular formula is C30H25ClFN3O6S. The number of benzene rings is 3. The van der Waals surface area contributed by atoms with Crippen LogP contribution in [0.15, 0.2) is 90.0 Å². The van der Waals surface area contributed by atoms with E-state index in [1.807, 2.05) is 0 Å². The third-order valence-corrected chi connectivity index (χ3v) is 8.84. The summed E-state index contributed by atoms with van der Waals surface area (Å²) in [5.74, 6) is -1.23. The fourth-order valence-corrected chi connectivity index (χ4v) is 6.58. The molecule has 1 aromatic heterocycles. The van der Waals surface area contributed by atoms with Gasteiger partial charge in [0.2, 0.25) is 11.8 Å². The molecule has 1 aliphatic heterocycles. The normalized spacial score (nSPS) is 14.3. The van der Waals surface area contributed by atoms with E-state index in [9.17, 15) is 22.4 Å². The molecule has 1 aliphatic rings. The Morgan fingerprint density at radius 1 is 1.07 bits per heavy atom. The largest absolute Gasteiger partial charge is 0.476 e. The van der Waals surface area contributed by atoms with Crippen LogP contribution in [0.1, 0.15) is 15.9 Å². The topological polar surface area (TPSA) is 115 Å². The number of carbonyl (C=O) groups excluding carboxylic acids is 2. The average Bonchev–Trinajstić information content (AvgIpc) is 3.40. The molecule has 0 fully saturated rings. The van der Waals surface area contributed by atoms with Crippen molar-refractivity contribution in [2.24, 2.45) is 0 Å². The molecule has 2 heterocycles. The fraction of sp³-hybridized carbons (Fsp3) is 0.167. The van der Waals surface area contributed by atoms with Gasteiger partial charge in [-0.3, -0.25) is 9.10 Å². The molecular weight excluding hydrogens is 585 g/mol. The molecule has 0 aliphatic carbocycles. The number of halogens is 2. The molecule has 0 radical (unpaired) electrons. The minimum atomic E-state index is -4.15. The Bertz CT molecular complexity index is 1730. The van der Waals surface area contributed by atoms with E-state index >= 15 is 0 Å². The van der Waals surface area contributed by atoms with Crippen molar-refractivity contribution in [1.29, 1.82) is 0 Å². The number of rotatable bonds is 9. The summed E-state index contributed by atoms with van der Waals surface area (Å²) in [4.78, 5) is 28.8. The Kier molecular flexibility index (Phi) is 8.41. The van der Waals surface area contributed by atoms with Crippen LogP contribution in [0.2, 0.25) is 5.02 Å². The number of hydrogen-bond donors (Lipinski definition) is 1. The number of methoxy groups -OCH3 is 1. The molecule has 1 N–H and O–H groups in total. The van der Waals surface area contributed by atoms with Crippen molar-refractivity contribution in [3.63, 3.8) is 0 Å². The van der Waals surface area contributed by atoms with Crippen LogP contribution in [0.4, 0.5) is 10.1 Å². The molecule has 3 aromatic carbocycles. The number of ether oxygens (including phenoxy) is 2. The van der Waals surface area contributed by atoms with Gasteiger partial charge in [0.05, 0.1) is 34.8 Å². The van der Waals surface area contributed by atoms with Crippen molar-refractivity contribution in [3.05, 3.63) is 107 Å². The molecule has 9 nitrogen and oxygen atoms in total. The lowest BCUT2D eigenvalue weighted by Crippen LogP contribution is -2.48. The van der Waals surface area contributed by atoms with E-state index < -0.39 is 33.8 Å². The zero-order valence-electron chi connectivity index (χ0n) is 22.3. The first-order valence-electron chi connectivity index (χ1n) is 12.8. The Labute approximate surface area is 246 Å². The first-order valence-corrected chi connectivity index (χ1v) is 14.6. The van der Waals surface area contributed by atoms with Gasteiger partial charge in [0, 0.05) is 24.2 Å². The molecule has 0 spiro atoms. The van der Waals surface area contributed by atoms with Crippen LogP contribution >= 0.6 is 11.6 Å². The smallest absolute Gasteiger partial charge is 0.339 e. The first-order chi connectivity index (χ1) is 20.2. The number of nitrogens with one attached hydrogen (secondary N) is 1. The number of fused-ring (bicyclic) bond motifs is 1. The van der Waals surface area contributed by atoms with Crippen molar-refractivity contribution < 1.29 is 31.9 Å². The van der Waals surface area contributed by atoms with Crippen LogP contribution in [0.25, 0.3) is 11.1 Å². The predicted octanol–water partition coefficient (Wildman–Crippen LogP) is 4.64. The number of amides is 1. The monoisotopic (exact) mass is 609 g/mol. The summed E-state index contributed by atoms with van der Waals surface area (Å²) in [5.41, 5.74) is 2.60. The van der Waals surface area contributed by atoms with Gasteiger partial charge in [0.1, 0.15) is 18.5 Å². The van der Waals surface area contributed by atoms with E-state index in [1.165, 1.54) is 55.8 Å².